The lowest BCUT2D eigenvalue weighted by Crippen LogP contribution is -2.55. The van der Waals surface area contributed by atoms with Crippen LogP contribution < -0.4 is 15.5 Å². The highest BCUT2D eigenvalue weighted by molar-refractivity contribution is 5.99. The molecule has 1 aliphatic heterocycles. The first kappa shape index (κ1) is 19.7. The van der Waals surface area contributed by atoms with E-state index in [1.807, 2.05) is 6.07 Å². The molecule has 8 nitrogen and oxygen atoms in total. The van der Waals surface area contributed by atoms with Gasteiger partial charge in [0, 0.05) is 18.3 Å². The number of nitrogens with zero attached hydrogens (tertiary/aromatic N) is 2. The van der Waals surface area contributed by atoms with Crippen molar-refractivity contribution in [3.63, 3.8) is 0 Å². The molecular formula is C20H24N4O4. The standard InChI is InChI=1S/C20H24N4O4/c21-12-13-3-9-16(10-4-13)24-11-1-2-17(18(24)25)23-20(28)22-15-7-5-14(6-8-15)19(26)27/h3-4,9-10,14-15,17H,1-2,5-8,11H2,(H,26,27)(H2,22,23,28). The minimum atomic E-state index is -0.779. The van der Waals surface area contributed by atoms with Gasteiger partial charge in [0.2, 0.25) is 5.91 Å². The van der Waals surface area contributed by atoms with Crippen LogP contribution in [0, 0.1) is 17.2 Å². The van der Waals surface area contributed by atoms with E-state index in [0.717, 1.165) is 6.42 Å². The van der Waals surface area contributed by atoms with E-state index in [9.17, 15) is 14.4 Å². The van der Waals surface area contributed by atoms with E-state index < -0.39 is 12.0 Å². The minimum absolute atomic E-state index is 0.0658. The van der Waals surface area contributed by atoms with Crippen molar-refractivity contribution in [2.24, 2.45) is 5.92 Å². The molecule has 0 bridgehead atoms. The molecule has 28 heavy (non-hydrogen) atoms. The van der Waals surface area contributed by atoms with Gasteiger partial charge in [0.05, 0.1) is 17.6 Å². The Morgan fingerprint density at radius 1 is 1.07 bits per heavy atom. The van der Waals surface area contributed by atoms with Crippen molar-refractivity contribution in [1.29, 1.82) is 5.26 Å². The number of carboxylic acid groups (broad SMARTS) is 1. The number of urea groups is 1. The van der Waals surface area contributed by atoms with Crippen LogP contribution in [0.4, 0.5) is 10.5 Å². The second-order valence-electron chi connectivity index (χ2n) is 7.35. The summed E-state index contributed by atoms with van der Waals surface area (Å²) in [6, 6.07) is 7.80. The van der Waals surface area contributed by atoms with Crippen LogP contribution in [-0.2, 0) is 9.59 Å². The molecule has 0 aromatic heterocycles. The highest BCUT2D eigenvalue weighted by Crippen LogP contribution is 2.25. The zero-order chi connectivity index (χ0) is 20.1. The smallest absolute Gasteiger partial charge is 0.315 e. The Morgan fingerprint density at radius 3 is 2.36 bits per heavy atom. The Balaban J connectivity index is 1.53. The molecule has 0 radical (unpaired) electrons. The van der Waals surface area contributed by atoms with Gasteiger partial charge in [0.1, 0.15) is 6.04 Å². The maximum atomic E-state index is 12.8. The molecule has 3 amide bonds. The highest BCUT2D eigenvalue weighted by atomic mass is 16.4. The van der Waals surface area contributed by atoms with Crippen LogP contribution >= 0.6 is 0 Å². The Bertz CT molecular complexity index is 778. The van der Waals surface area contributed by atoms with Crippen molar-refractivity contribution >= 4 is 23.6 Å². The van der Waals surface area contributed by atoms with Crippen molar-refractivity contribution in [2.45, 2.75) is 50.6 Å². The van der Waals surface area contributed by atoms with Crippen molar-refractivity contribution in [2.75, 3.05) is 11.4 Å². The number of hydrogen-bond acceptors (Lipinski definition) is 4. The number of anilines is 1. The molecule has 1 saturated carbocycles. The fourth-order valence-corrected chi connectivity index (χ4v) is 3.85. The number of amides is 3. The number of nitriles is 1. The molecular weight excluding hydrogens is 360 g/mol. The van der Waals surface area contributed by atoms with E-state index in [0.29, 0.717) is 49.9 Å². The summed E-state index contributed by atoms with van der Waals surface area (Å²) in [5.41, 5.74) is 1.24. The Hall–Kier alpha value is -3.08. The van der Waals surface area contributed by atoms with Crippen molar-refractivity contribution in [3.8, 4) is 6.07 Å². The topological polar surface area (TPSA) is 123 Å². The Kier molecular flexibility index (Phi) is 6.14. The van der Waals surface area contributed by atoms with E-state index in [4.69, 9.17) is 10.4 Å². The zero-order valence-corrected chi connectivity index (χ0v) is 15.6. The van der Waals surface area contributed by atoms with Gasteiger partial charge in [0.25, 0.3) is 0 Å². The van der Waals surface area contributed by atoms with Gasteiger partial charge in [0.15, 0.2) is 0 Å². The average molecular weight is 384 g/mol. The molecule has 1 aliphatic carbocycles. The summed E-state index contributed by atoms with van der Waals surface area (Å²) >= 11 is 0. The number of carbonyl (C=O) groups is 3. The fraction of sp³-hybridized carbons (Fsp3) is 0.500. The van der Waals surface area contributed by atoms with Gasteiger partial charge in [-0.15, -0.1) is 0 Å². The lowest BCUT2D eigenvalue weighted by molar-refractivity contribution is -0.142. The third-order valence-electron chi connectivity index (χ3n) is 5.46. The van der Waals surface area contributed by atoms with Crippen LogP contribution in [0.2, 0.25) is 0 Å². The fourth-order valence-electron chi connectivity index (χ4n) is 3.85. The number of benzene rings is 1. The first-order chi connectivity index (χ1) is 13.5. The lowest BCUT2D eigenvalue weighted by atomic mass is 9.86. The average Bonchev–Trinajstić information content (AvgIpc) is 2.70. The first-order valence-corrected chi connectivity index (χ1v) is 9.59. The monoisotopic (exact) mass is 384 g/mol. The largest absolute Gasteiger partial charge is 0.481 e. The summed E-state index contributed by atoms with van der Waals surface area (Å²) in [5.74, 6) is -1.28. The van der Waals surface area contributed by atoms with Crippen LogP contribution in [0.15, 0.2) is 24.3 Å². The Labute approximate surface area is 163 Å². The molecule has 2 fully saturated rings. The van der Waals surface area contributed by atoms with E-state index in [-0.39, 0.29) is 23.9 Å². The van der Waals surface area contributed by atoms with E-state index in [2.05, 4.69) is 10.6 Å². The Morgan fingerprint density at radius 2 is 1.75 bits per heavy atom. The molecule has 8 heteroatoms. The molecule has 148 valence electrons. The minimum Gasteiger partial charge on any atom is -0.481 e. The highest BCUT2D eigenvalue weighted by Gasteiger charge is 2.32. The van der Waals surface area contributed by atoms with Gasteiger partial charge in [-0.1, -0.05) is 0 Å². The van der Waals surface area contributed by atoms with Crippen LogP contribution in [0.25, 0.3) is 0 Å². The van der Waals surface area contributed by atoms with Crippen molar-refractivity contribution in [3.05, 3.63) is 29.8 Å². The van der Waals surface area contributed by atoms with E-state index in [1.165, 1.54) is 0 Å². The number of nitrogens with one attached hydrogen (secondary N) is 2. The van der Waals surface area contributed by atoms with Gasteiger partial charge in [-0.3, -0.25) is 9.59 Å². The number of carboxylic acids is 1. The summed E-state index contributed by atoms with van der Waals surface area (Å²) in [6.45, 7) is 0.573. The van der Waals surface area contributed by atoms with Crippen LogP contribution in [-0.4, -0.2) is 41.6 Å². The summed E-state index contributed by atoms with van der Waals surface area (Å²) in [7, 11) is 0. The van der Waals surface area contributed by atoms with Gasteiger partial charge in [-0.2, -0.15) is 5.26 Å². The van der Waals surface area contributed by atoms with Gasteiger partial charge in [-0.05, 0) is 62.8 Å². The number of hydrogen-bond donors (Lipinski definition) is 3. The van der Waals surface area contributed by atoms with Gasteiger partial charge in [-0.25, -0.2) is 4.79 Å². The maximum absolute atomic E-state index is 12.8. The SMILES string of the molecule is N#Cc1ccc(N2CCCC(NC(=O)NC3CCC(C(=O)O)CC3)C2=O)cc1. The van der Waals surface area contributed by atoms with Crippen LogP contribution in [0.5, 0.6) is 0 Å². The summed E-state index contributed by atoms with van der Waals surface area (Å²) in [5, 5.41) is 23.6. The quantitative estimate of drug-likeness (QED) is 0.733. The lowest BCUT2D eigenvalue weighted by Gasteiger charge is -2.33. The second-order valence-corrected chi connectivity index (χ2v) is 7.35. The maximum Gasteiger partial charge on any atom is 0.315 e. The van der Waals surface area contributed by atoms with Gasteiger partial charge >= 0.3 is 12.0 Å². The molecule has 1 aromatic rings. The molecule has 1 heterocycles. The first-order valence-electron chi connectivity index (χ1n) is 9.59. The van der Waals surface area contributed by atoms with Crippen molar-refractivity contribution in [1.82, 2.24) is 10.6 Å². The number of rotatable bonds is 4. The predicted octanol–water partition coefficient (Wildman–Crippen LogP) is 2.00. The summed E-state index contributed by atoms with van der Waals surface area (Å²) < 4.78 is 0. The van der Waals surface area contributed by atoms with Gasteiger partial charge < -0.3 is 20.6 Å². The molecule has 3 rings (SSSR count). The molecule has 1 unspecified atom stereocenters. The molecule has 1 saturated heterocycles. The van der Waals surface area contributed by atoms with E-state index >= 15 is 0 Å². The number of aliphatic carboxylic acids is 1. The number of piperidine rings is 1. The third kappa shape index (κ3) is 4.60. The molecule has 2 aliphatic rings. The van der Waals surface area contributed by atoms with E-state index in [1.54, 1.807) is 29.2 Å². The molecule has 3 N–H and O–H groups in total. The zero-order valence-electron chi connectivity index (χ0n) is 15.6. The molecule has 1 aromatic carbocycles. The molecule has 0 spiro atoms. The normalized spacial score (nSPS) is 24.9. The third-order valence-corrected chi connectivity index (χ3v) is 5.46. The predicted molar refractivity (Wildman–Crippen MR) is 102 cm³/mol. The molecule has 1 atom stereocenters. The van der Waals surface area contributed by atoms with Crippen molar-refractivity contribution < 1.29 is 19.5 Å². The summed E-state index contributed by atoms with van der Waals surface area (Å²) in [6.07, 6.45) is 3.69. The van der Waals surface area contributed by atoms with Crippen LogP contribution in [0.1, 0.15) is 44.1 Å². The second kappa shape index (κ2) is 8.74. The number of carbonyl (C=O) groups excluding carboxylic acids is 2. The summed E-state index contributed by atoms with van der Waals surface area (Å²) in [4.78, 5) is 37.7. The van der Waals surface area contributed by atoms with Crippen LogP contribution in [0.3, 0.4) is 0 Å².